The number of halogens is 3. The number of nitrogens with zero attached hydrogens (tertiary/aromatic N) is 4. The minimum Gasteiger partial charge on any atom is -0.399 e. The molecule has 2 N–H and O–H groups in total. The van der Waals surface area contributed by atoms with Crippen LogP contribution in [0.1, 0.15) is 10.7 Å². The normalized spacial score (nSPS) is 13.9. The minimum absolute atomic E-state index is 0.0527. The molecule has 0 aliphatic carbocycles. The van der Waals surface area contributed by atoms with Gasteiger partial charge in [-0.15, -0.1) is 5.10 Å². The molecule has 1 aliphatic rings. The highest BCUT2D eigenvalue weighted by atomic mass is 79.9. The van der Waals surface area contributed by atoms with E-state index in [4.69, 9.17) is 9.15 Å². The number of hydrogen-bond donors (Lipinski definition) is 2. The second-order valence-electron chi connectivity index (χ2n) is 6.24. The van der Waals surface area contributed by atoms with Crippen molar-refractivity contribution in [3.8, 4) is 0 Å². The smallest absolute Gasteiger partial charge is 0.320 e. The van der Waals surface area contributed by atoms with E-state index in [2.05, 4.69) is 46.6 Å². The molecule has 1 saturated heterocycles. The molecule has 1 fully saturated rings. The highest BCUT2D eigenvalue weighted by Crippen LogP contribution is 2.26. The van der Waals surface area contributed by atoms with Crippen molar-refractivity contribution in [1.82, 2.24) is 15.2 Å². The van der Waals surface area contributed by atoms with Crippen LogP contribution < -0.4 is 15.5 Å². The number of nitrogens with one attached hydrogen (secondary N) is 2. The first kappa shape index (κ1) is 20.2. The molecule has 0 unspecified atom stereocenters. The summed E-state index contributed by atoms with van der Waals surface area (Å²) in [6.07, 6.45) is 1.52. The number of aromatic nitrogens is 3. The fraction of sp³-hybridized carbons (Fsp3) is 0.222. The van der Waals surface area contributed by atoms with Crippen molar-refractivity contribution >= 4 is 45.0 Å². The Morgan fingerprint density at radius 2 is 1.93 bits per heavy atom. The maximum Gasteiger partial charge on any atom is 0.320 e. The summed E-state index contributed by atoms with van der Waals surface area (Å²) in [4.78, 5) is 18.7. The van der Waals surface area contributed by atoms with Gasteiger partial charge < -0.3 is 24.7 Å². The number of morpholine rings is 1. The monoisotopic (exact) mass is 480 g/mol. The Bertz CT molecular complexity index is 1060. The van der Waals surface area contributed by atoms with Gasteiger partial charge in [-0.3, -0.25) is 4.79 Å². The van der Waals surface area contributed by atoms with E-state index in [1.54, 1.807) is 12.1 Å². The van der Waals surface area contributed by atoms with Crippen molar-refractivity contribution in [2.75, 3.05) is 41.8 Å². The first-order valence-corrected chi connectivity index (χ1v) is 9.64. The predicted octanol–water partition coefficient (Wildman–Crippen LogP) is 3.34. The van der Waals surface area contributed by atoms with Gasteiger partial charge in [0.05, 0.1) is 35.3 Å². The molecule has 156 valence electrons. The zero-order valence-corrected chi connectivity index (χ0v) is 16.9. The van der Waals surface area contributed by atoms with Crippen LogP contribution in [0.3, 0.4) is 0 Å². The molecule has 2 aromatic heterocycles. The lowest BCUT2D eigenvalue weighted by molar-refractivity contribution is 0.0991. The summed E-state index contributed by atoms with van der Waals surface area (Å²) < 4.78 is 37.7. The molecule has 1 amide bonds. The summed E-state index contributed by atoms with van der Waals surface area (Å²) in [6.45, 7) is 2.79. The summed E-state index contributed by atoms with van der Waals surface area (Å²) >= 11 is 2.96. The van der Waals surface area contributed by atoms with E-state index >= 15 is 0 Å². The Hall–Kier alpha value is -3.12. The van der Waals surface area contributed by atoms with Crippen LogP contribution in [-0.4, -0.2) is 47.4 Å². The van der Waals surface area contributed by atoms with Gasteiger partial charge in [0, 0.05) is 19.2 Å². The zero-order chi connectivity index (χ0) is 21.1. The third-order valence-corrected chi connectivity index (χ3v) is 4.82. The largest absolute Gasteiger partial charge is 0.399 e. The first-order chi connectivity index (χ1) is 14.5. The molecule has 3 aromatic rings. The molecule has 9 nitrogen and oxygen atoms in total. The maximum absolute atomic E-state index is 13.8. The number of pyridine rings is 1. The Morgan fingerprint density at radius 3 is 2.67 bits per heavy atom. The number of ether oxygens (including phenoxy) is 1. The fourth-order valence-corrected chi connectivity index (χ4v) is 3.07. The molecule has 1 aliphatic heterocycles. The van der Waals surface area contributed by atoms with Crippen LogP contribution in [0.25, 0.3) is 0 Å². The molecule has 0 spiro atoms. The average molecular weight is 481 g/mol. The summed E-state index contributed by atoms with van der Waals surface area (Å²) in [5, 5.41) is 12.4. The Morgan fingerprint density at radius 1 is 1.13 bits per heavy atom. The molecule has 4 rings (SSSR count). The lowest BCUT2D eigenvalue weighted by Crippen LogP contribution is -2.36. The number of carbonyl (C=O) groups excluding carboxylic acids is 1. The van der Waals surface area contributed by atoms with Crippen molar-refractivity contribution in [3.05, 3.63) is 52.5 Å². The second-order valence-corrected chi connectivity index (χ2v) is 7.10. The van der Waals surface area contributed by atoms with Gasteiger partial charge >= 0.3 is 17.8 Å². The molecule has 0 bridgehead atoms. The number of rotatable bonds is 5. The predicted molar refractivity (Wildman–Crippen MR) is 107 cm³/mol. The molecule has 0 radical (unpaired) electrons. The number of anilines is 4. The number of amides is 1. The van der Waals surface area contributed by atoms with E-state index < -0.39 is 17.5 Å². The van der Waals surface area contributed by atoms with Crippen LogP contribution in [0.5, 0.6) is 0 Å². The van der Waals surface area contributed by atoms with Crippen LogP contribution in [0.4, 0.5) is 32.0 Å². The van der Waals surface area contributed by atoms with Gasteiger partial charge in [0.1, 0.15) is 17.5 Å². The minimum atomic E-state index is -0.855. The SMILES string of the molecule is O=C(Nc1ccc(N2CCOCC2)nc1)c1nnc(Nc2cc(Br)c(F)cc2F)o1. The number of hydrogen-bond acceptors (Lipinski definition) is 8. The lowest BCUT2D eigenvalue weighted by atomic mass is 10.3. The maximum atomic E-state index is 13.8. The molecular weight excluding hydrogens is 466 g/mol. The van der Waals surface area contributed by atoms with Gasteiger partial charge in [-0.25, -0.2) is 13.8 Å². The summed E-state index contributed by atoms with van der Waals surface area (Å²) in [5.41, 5.74) is 0.347. The average Bonchev–Trinajstić information content (AvgIpc) is 3.22. The summed E-state index contributed by atoms with van der Waals surface area (Å²) in [7, 11) is 0. The third kappa shape index (κ3) is 4.54. The summed E-state index contributed by atoms with van der Waals surface area (Å²) in [5.74, 6) is -1.81. The van der Waals surface area contributed by atoms with Crippen molar-refractivity contribution in [2.45, 2.75) is 0 Å². The van der Waals surface area contributed by atoms with Crippen LogP contribution in [0.15, 0.2) is 39.4 Å². The van der Waals surface area contributed by atoms with E-state index in [-0.39, 0.29) is 22.1 Å². The van der Waals surface area contributed by atoms with Crippen molar-refractivity contribution in [1.29, 1.82) is 0 Å². The van der Waals surface area contributed by atoms with Gasteiger partial charge in [0.15, 0.2) is 0 Å². The van der Waals surface area contributed by atoms with E-state index in [9.17, 15) is 13.6 Å². The lowest BCUT2D eigenvalue weighted by Gasteiger charge is -2.27. The van der Waals surface area contributed by atoms with E-state index in [1.807, 2.05) is 0 Å². The number of carbonyl (C=O) groups is 1. The standard InChI is InChI=1S/C18H15BrF2N6O3/c19-11-7-14(13(21)8-12(11)20)24-18-26-25-17(30-18)16(28)23-10-1-2-15(22-9-10)27-3-5-29-6-4-27/h1-2,7-9H,3-6H2,(H,23,28)(H,24,26). The van der Waals surface area contributed by atoms with Crippen LogP contribution in [0, 0.1) is 11.6 Å². The number of benzene rings is 1. The van der Waals surface area contributed by atoms with Crippen LogP contribution in [0.2, 0.25) is 0 Å². The third-order valence-electron chi connectivity index (χ3n) is 4.21. The summed E-state index contributed by atoms with van der Waals surface area (Å²) in [6, 6.07) is 5.15. The highest BCUT2D eigenvalue weighted by molar-refractivity contribution is 9.10. The fourth-order valence-electron chi connectivity index (χ4n) is 2.72. The molecule has 3 heterocycles. The molecule has 30 heavy (non-hydrogen) atoms. The molecule has 0 saturated carbocycles. The van der Waals surface area contributed by atoms with Crippen molar-refractivity contribution < 1.29 is 22.7 Å². The molecular formula is C18H15BrF2N6O3. The van der Waals surface area contributed by atoms with Gasteiger partial charge in [-0.2, -0.15) is 0 Å². The van der Waals surface area contributed by atoms with Gasteiger partial charge in [0.25, 0.3) is 0 Å². The Labute approximate surface area is 177 Å². The van der Waals surface area contributed by atoms with Crippen LogP contribution >= 0.6 is 15.9 Å². The molecule has 0 atom stereocenters. The van der Waals surface area contributed by atoms with E-state index in [1.165, 1.54) is 12.3 Å². The topological polar surface area (TPSA) is 105 Å². The zero-order valence-electron chi connectivity index (χ0n) is 15.4. The van der Waals surface area contributed by atoms with Gasteiger partial charge in [-0.05, 0) is 34.1 Å². The Balaban J connectivity index is 1.40. The van der Waals surface area contributed by atoms with Crippen LogP contribution in [-0.2, 0) is 4.74 Å². The van der Waals surface area contributed by atoms with Crippen molar-refractivity contribution in [3.63, 3.8) is 0 Å². The molecule has 1 aromatic carbocycles. The Kier molecular flexibility index (Phi) is 5.86. The van der Waals surface area contributed by atoms with E-state index in [0.717, 1.165) is 18.9 Å². The highest BCUT2D eigenvalue weighted by Gasteiger charge is 2.18. The second kappa shape index (κ2) is 8.71. The van der Waals surface area contributed by atoms with E-state index in [0.29, 0.717) is 25.0 Å². The first-order valence-electron chi connectivity index (χ1n) is 8.85. The quantitative estimate of drug-likeness (QED) is 0.535. The van der Waals surface area contributed by atoms with Gasteiger partial charge in [-0.1, -0.05) is 5.10 Å². The van der Waals surface area contributed by atoms with Crippen molar-refractivity contribution in [2.24, 2.45) is 0 Å². The molecule has 12 heteroatoms. The van der Waals surface area contributed by atoms with Gasteiger partial charge in [0.2, 0.25) is 0 Å².